The van der Waals surface area contributed by atoms with Gasteiger partial charge in [0.1, 0.15) is 17.4 Å². The first-order valence-electron chi connectivity index (χ1n) is 6.11. The van der Waals surface area contributed by atoms with E-state index in [2.05, 4.69) is 5.32 Å². The van der Waals surface area contributed by atoms with E-state index in [-0.39, 0.29) is 12.2 Å². The molecule has 0 spiro atoms. The molecule has 1 atom stereocenters. The zero-order chi connectivity index (χ0) is 14.5. The van der Waals surface area contributed by atoms with Crippen molar-refractivity contribution in [2.45, 2.75) is 6.04 Å². The summed E-state index contributed by atoms with van der Waals surface area (Å²) in [5.74, 6) is -0.572. The largest absolute Gasteiger partial charge is 0.495 e. The van der Waals surface area contributed by atoms with Crippen molar-refractivity contribution < 1.29 is 18.6 Å². The van der Waals surface area contributed by atoms with Crippen LogP contribution in [0.15, 0.2) is 42.5 Å². The number of aliphatic hydroxyl groups excluding tert-OH is 1. The van der Waals surface area contributed by atoms with Crippen LogP contribution in [-0.2, 0) is 0 Å². The van der Waals surface area contributed by atoms with Gasteiger partial charge in [0, 0.05) is 5.56 Å². The quantitative estimate of drug-likeness (QED) is 0.883. The van der Waals surface area contributed by atoms with Gasteiger partial charge in [0.25, 0.3) is 0 Å². The molecule has 0 amide bonds. The number of nitrogens with one attached hydrogen (secondary N) is 1. The molecule has 3 nitrogen and oxygen atoms in total. The van der Waals surface area contributed by atoms with Crippen LogP contribution in [0.1, 0.15) is 11.6 Å². The Bertz CT molecular complexity index is 590. The molecule has 0 aliphatic heterocycles. The fourth-order valence-electron chi connectivity index (χ4n) is 1.95. The molecule has 0 heterocycles. The van der Waals surface area contributed by atoms with Gasteiger partial charge in [0.05, 0.1) is 25.4 Å². The number of ether oxygens (including phenoxy) is 1. The van der Waals surface area contributed by atoms with E-state index in [0.29, 0.717) is 11.4 Å². The molecule has 5 heteroatoms. The fraction of sp³-hybridized carbons (Fsp3) is 0.200. The second-order valence-corrected chi connectivity index (χ2v) is 4.25. The lowest BCUT2D eigenvalue weighted by molar-refractivity contribution is 0.273. The minimum Gasteiger partial charge on any atom is -0.495 e. The van der Waals surface area contributed by atoms with Gasteiger partial charge in [0.2, 0.25) is 0 Å². The normalized spacial score (nSPS) is 12.0. The van der Waals surface area contributed by atoms with Crippen molar-refractivity contribution in [2.24, 2.45) is 0 Å². The highest BCUT2D eigenvalue weighted by Gasteiger charge is 2.17. The van der Waals surface area contributed by atoms with Crippen molar-refractivity contribution in [3.63, 3.8) is 0 Å². The molecule has 0 bridgehead atoms. The number of halogens is 2. The number of methoxy groups -OCH3 is 1. The average molecular weight is 279 g/mol. The summed E-state index contributed by atoms with van der Waals surface area (Å²) >= 11 is 0. The molecule has 2 aromatic rings. The Balaban J connectivity index is 2.31. The van der Waals surface area contributed by atoms with E-state index in [1.807, 2.05) is 0 Å². The van der Waals surface area contributed by atoms with Gasteiger partial charge in [-0.3, -0.25) is 0 Å². The number of anilines is 1. The highest BCUT2D eigenvalue weighted by molar-refractivity contribution is 5.57. The van der Waals surface area contributed by atoms with Gasteiger partial charge in [-0.25, -0.2) is 8.78 Å². The first kappa shape index (κ1) is 14.3. The lowest BCUT2D eigenvalue weighted by Gasteiger charge is -2.20. The molecule has 2 rings (SSSR count). The van der Waals surface area contributed by atoms with Crippen LogP contribution in [0.3, 0.4) is 0 Å². The van der Waals surface area contributed by atoms with Gasteiger partial charge in [-0.1, -0.05) is 12.1 Å². The molecule has 0 saturated carbocycles. The minimum atomic E-state index is -0.762. The van der Waals surface area contributed by atoms with Gasteiger partial charge >= 0.3 is 0 Å². The standard InChI is InChI=1S/C15H15F2NO2/c1-20-15-5-3-2-4-13(15)18-14(9-19)11-8-10(16)6-7-12(11)17/h2-8,14,18-19H,9H2,1H3. The Morgan fingerprint density at radius 1 is 1.20 bits per heavy atom. The molecule has 2 N–H and O–H groups in total. The first-order chi connectivity index (χ1) is 9.65. The number of para-hydroxylation sites is 2. The van der Waals surface area contributed by atoms with Crippen molar-refractivity contribution in [3.8, 4) is 5.75 Å². The van der Waals surface area contributed by atoms with E-state index in [0.717, 1.165) is 18.2 Å². The fourth-order valence-corrected chi connectivity index (χ4v) is 1.95. The minimum absolute atomic E-state index is 0.0680. The number of benzene rings is 2. The van der Waals surface area contributed by atoms with Gasteiger partial charge in [-0.2, -0.15) is 0 Å². The Hall–Kier alpha value is -2.14. The average Bonchev–Trinajstić information content (AvgIpc) is 2.48. The lowest BCUT2D eigenvalue weighted by atomic mass is 10.1. The zero-order valence-corrected chi connectivity index (χ0v) is 10.9. The lowest BCUT2D eigenvalue weighted by Crippen LogP contribution is -2.17. The van der Waals surface area contributed by atoms with Crippen LogP contribution in [0.25, 0.3) is 0 Å². The van der Waals surface area contributed by atoms with Crippen LogP contribution in [0.4, 0.5) is 14.5 Å². The third-order valence-corrected chi connectivity index (χ3v) is 2.95. The molecular formula is C15H15F2NO2. The number of hydrogen-bond acceptors (Lipinski definition) is 3. The number of rotatable bonds is 5. The summed E-state index contributed by atoms with van der Waals surface area (Å²) in [6, 6.07) is 9.42. The zero-order valence-electron chi connectivity index (χ0n) is 10.9. The molecule has 0 fully saturated rings. The van der Waals surface area contributed by atoms with Crippen molar-refractivity contribution in [2.75, 3.05) is 19.0 Å². The summed E-state index contributed by atoms with van der Waals surface area (Å²) in [5.41, 5.74) is 0.663. The number of aliphatic hydroxyl groups is 1. The monoisotopic (exact) mass is 279 g/mol. The van der Waals surface area contributed by atoms with E-state index >= 15 is 0 Å². The highest BCUT2D eigenvalue weighted by atomic mass is 19.1. The topological polar surface area (TPSA) is 41.5 Å². The van der Waals surface area contributed by atoms with Crippen LogP contribution >= 0.6 is 0 Å². The number of hydrogen-bond donors (Lipinski definition) is 2. The molecule has 0 saturated heterocycles. The Kier molecular flexibility index (Phi) is 4.53. The van der Waals surface area contributed by atoms with E-state index in [1.54, 1.807) is 24.3 Å². The van der Waals surface area contributed by atoms with Crippen molar-refractivity contribution >= 4 is 5.69 Å². The van der Waals surface area contributed by atoms with Gasteiger partial charge < -0.3 is 15.2 Å². The molecule has 20 heavy (non-hydrogen) atoms. The molecule has 0 radical (unpaired) electrons. The van der Waals surface area contributed by atoms with E-state index in [4.69, 9.17) is 4.74 Å². The van der Waals surface area contributed by atoms with Crippen molar-refractivity contribution in [3.05, 3.63) is 59.7 Å². The summed E-state index contributed by atoms with van der Waals surface area (Å²) in [4.78, 5) is 0. The third kappa shape index (κ3) is 3.05. The van der Waals surface area contributed by atoms with Crippen molar-refractivity contribution in [1.29, 1.82) is 0 Å². The van der Waals surface area contributed by atoms with Gasteiger partial charge in [0.15, 0.2) is 0 Å². The molecular weight excluding hydrogens is 264 g/mol. The highest BCUT2D eigenvalue weighted by Crippen LogP contribution is 2.28. The maximum atomic E-state index is 13.7. The Morgan fingerprint density at radius 2 is 1.95 bits per heavy atom. The van der Waals surface area contributed by atoms with Crippen LogP contribution in [-0.4, -0.2) is 18.8 Å². The molecule has 0 aliphatic rings. The molecule has 0 aromatic heterocycles. The van der Waals surface area contributed by atoms with Crippen LogP contribution in [0.5, 0.6) is 5.75 Å². The predicted octanol–water partition coefficient (Wildman–Crippen LogP) is 3.12. The molecule has 106 valence electrons. The van der Waals surface area contributed by atoms with Gasteiger partial charge in [-0.05, 0) is 30.3 Å². The maximum absolute atomic E-state index is 13.7. The molecule has 1 unspecified atom stereocenters. The summed E-state index contributed by atoms with van der Waals surface area (Å²) in [6.07, 6.45) is 0. The summed E-state index contributed by atoms with van der Waals surface area (Å²) in [6.45, 7) is -0.377. The van der Waals surface area contributed by atoms with E-state index in [1.165, 1.54) is 7.11 Å². The Labute approximate surface area is 115 Å². The van der Waals surface area contributed by atoms with Crippen LogP contribution < -0.4 is 10.1 Å². The summed E-state index contributed by atoms with van der Waals surface area (Å²) in [5, 5.41) is 12.4. The smallest absolute Gasteiger partial charge is 0.141 e. The second-order valence-electron chi connectivity index (χ2n) is 4.25. The molecule has 2 aromatic carbocycles. The van der Waals surface area contributed by atoms with Crippen LogP contribution in [0, 0.1) is 11.6 Å². The van der Waals surface area contributed by atoms with Gasteiger partial charge in [-0.15, -0.1) is 0 Å². The summed E-state index contributed by atoms with van der Waals surface area (Å²) in [7, 11) is 1.51. The SMILES string of the molecule is COc1ccccc1NC(CO)c1cc(F)ccc1F. The predicted molar refractivity (Wildman–Crippen MR) is 72.8 cm³/mol. The van der Waals surface area contributed by atoms with E-state index in [9.17, 15) is 13.9 Å². The van der Waals surface area contributed by atoms with Crippen LogP contribution in [0.2, 0.25) is 0 Å². The second kappa shape index (κ2) is 6.34. The first-order valence-corrected chi connectivity index (χ1v) is 6.11. The summed E-state index contributed by atoms with van der Waals surface area (Å²) < 4.78 is 32.1. The molecule has 0 aliphatic carbocycles. The van der Waals surface area contributed by atoms with E-state index < -0.39 is 17.7 Å². The third-order valence-electron chi connectivity index (χ3n) is 2.95. The maximum Gasteiger partial charge on any atom is 0.141 e. The Morgan fingerprint density at radius 3 is 2.65 bits per heavy atom. The van der Waals surface area contributed by atoms with Crippen molar-refractivity contribution in [1.82, 2.24) is 0 Å².